The zero-order valence-corrected chi connectivity index (χ0v) is 14.3. The summed E-state index contributed by atoms with van der Waals surface area (Å²) in [5.41, 5.74) is 2.83. The van der Waals surface area contributed by atoms with Gasteiger partial charge in [-0.3, -0.25) is 9.59 Å². The lowest BCUT2D eigenvalue weighted by Gasteiger charge is -2.02. The molecule has 2 aromatic carbocycles. The smallest absolute Gasteiger partial charge is 0.221 e. The van der Waals surface area contributed by atoms with Crippen molar-refractivity contribution in [3.8, 4) is 11.8 Å². The van der Waals surface area contributed by atoms with Crippen molar-refractivity contribution in [1.82, 2.24) is 5.32 Å². The van der Waals surface area contributed by atoms with Crippen molar-refractivity contribution < 1.29 is 9.59 Å². The molecule has 0 radical (unpaired) electrons. The number of rotatable bonds is 6. The molecule has 0 fully saturated rings. The molecule has 2 rings (SSSR count). The van der Waals surface area contributed by atoms with E-state index in [1.165, 1.54) is 12.5 Å². The van der Waals surface area contributed by atoms with E-state index >= 15 is 0 Å². The van der Waals surface area contributed by atoms with Crippen LogP contribution >= 0.6 is 0 Å². The van der Waals surface area contributed by atoms with Gasteiger partial charge in [-0.1, -0.05) is 42.2 Å². The van der Waals surface area contributed by atoms with Crippen LogP contribution < -0.4 is 10.6 Å². The van der Waals surface area contributed by atoms with Gasteiger partial charge < -0.3 is 10.6 Å². The highest BCUT2D eigenvalue weighted by Crippen LogP contribution is 2.08. The van der Waals surface area contributed by atoms with Gasteiger partial charge in [0.25, 0.3) is 0 Å². The van der Waals surface area contributed by atoms with E-state index in [-0.39, 0.29) is 11.8 Å². The highest BCUT2D eigenvalue weighted by molar-refractivity contribution is 5.88. The SMILES string of the molecule is CC(=O)Nc1ccc(C#CCNC(=O)CCCc2ccccc2)cc1. The summed E-state index contributed by atoms with van der Waals surface area (Å²) in [6.07, 6.45) is 2.23. The third-order valence-electron chi connectivity index (χ3n) is 3.52. The van der Waals surface area contributed by atoms with Crippen molar-refractivity contribution in [2.75, 3.05) is 11.9 Å². The molecule has 4 nitrogen and oxygen atoms in total. The predicted octanol–water partition coefficient (Wildman–Crippen LogP) is 3.14. The molecule has 0 saturated heterocycles. The number of benzene rings is 2. The molecule has 0 aliphatic carbocycles. The zero-order valence-electron chi connectivity index (χ0n) is 14.3. The van der Waals surface area contributed by atoms with E-state index in [2.05, 4.69) is 34.6 Å². The van der Waals surface area contributed by atoms with Crippen LogP contribution in [-0.4, -0.2) is 18.4 Å². The van der Waals surface area contributed by atoms with Gasteiger partial charge in [-0.25, -0.2) is 0 Å². The lowest BCUT2D eigenvalue weighted by molar-refractivity contribution is -0.121. The minimum atomic E-state index is -0.103. The van der Waals surface area contributed by atoms with Gasteiger partial charge in [-0.2, -0.15) is 0 Å². The van der Waals surface area contributed by atoms with Gasteiger partial charge in [0.05, 0.1) is 6.54 Å². The topological polar surface area (TPSA) is 58.2 Å². The highest BCUT2D eigenvalue weighted by Gasteiger charge is 2.00. The lowest BCUT2D eigenvalue weighted by atomic mass is 10.1. The van der Waals surface area contributed by atoms with Crippen LogP contribution in [0.25, 0.3) is 0 Å². The second-order valence-electron chi connectivity index (χ2n) is 5.68. The van der Waals surface area contributed by atoms with Gasteiger partial charge in [-0.15, -0.1) is 0 Å². The van der Waals surface area contributed by atoms with E-state index in [0.717, 1.165) is 24.1 Å². The molecular formula is C21H22N2O2. The summed E-state index contributed by atoms with van der Waals surface area (Å²) in [6, 6.07) is 17.4. The van der Waals surface area contributed by atoms with E-state index < -0.39 is 0 Å². The maximum Gasteiger partial charge on any atom is 0.221 e. The summed E-state index contributed by atoms with van der Waals surface area (Å²) >= 11 is 0. The number of aryl methyl sites for hydroxylation is 1. The van der Waals surface area contributed by atoms with Crippen LogP contribution in [0, 0.1) is 11.8 Å². The molecular weight excluding hydrogens is 312 g/mol. The third kappa shape index (κ3) is 7.36. The molecule has 0 bridgehead atoms. The fraction of sp³-hybridized carbons (Fsp3) is 0.238. The van der Waals surface area contributed by atoms with Gasteiger partial charge in [0.15, 0.2) is 0 Å². The Balaban J connectivity index is 1.67. The van der Waals surface area contributed by atoms with E-state index in [1.807, 2.05) is 30.3 Å². The molecule has 0 heterocycles. The molecule has 0 atom stereocenters. The number of carbonyl (C=O) groups excluding carboxylic acids is 2. The number of hydrogen-bond donors (Lipinski definition) is 2. The first-order valence-corrected chi connectivity index (χ1v) is 8.30. The molecule has 0 aromatic heterocycles. The minimum Gasteiger partial charge on any atom is -0.345 e. The molecule has 0 unspecified atom stereocenters. The lowest BCUT2D eigenvalue weighted by Crippen LogP contribution is -2.23. The van der Waals surface area contributed by atoms with Crippen LogP contribution in [0.4, 0.5) is 5.69 Å². The van der Waals surface area contributed by atoms with Gasteiger partial charge in [0.1, 0.15) is 0 Å². The van der Waals surface area contributed by atoms with Gasteiger partial charge in [0.2, 0.25) is 11.8 Å². The number of amides is 2. The molecule has 2 aromatic rings. The standard InChI is InChI=1S/C21H22N2O2/c1-17(24)23-20-14-12-19(13-15-20)10-6-16-22-21(25)11-5-9-18-7-3-2-4-8-18/h2-4,7-8,12-15H,5,9,11,16H2,1H3,(H,22,25)(H,23,24). The van der Waals surface area contributed by atoms with Crippen molar-refractivity contribution in [3.63, 3.8) is 0 Å². The first-order chi connectivity index (χ1) is 12.1. The molecule has 0 aliphatic heterocycles. The summed E-state index contributed by atoms with van der Waals surface area (Å²) in [7, 11) is 0. The first-order valence-electron chi connectivity index (χ1n) is 8.30. The normalized spacial score (nSPS) is 9.64. The molecule has 25 heavy (non-hydrogen) atoms. The van der Waals surface area contributed by atoms with Gasteiger partial charge in [0, 0.05) is 24.6 Å². The zero-order chi connectivity index (χ0) is 17.9. The summed E-state index contributed by atoms with van der Waals surface area (Å²) in [6.45, 7) is 1.80. The van der Waals surface area contributed by atoms with Crippen LogP contribution in [0.1, 0.15) is 30.9 Å². The van der Waals surface area contributed by atoms with Crippen LogP contribution in [0.5, 0.6) is 0 Å². The Morgan fingerprint density at radius 2 is 1.72 bits per heavy atom. The van der Waals surface area contributed by atoms with E-state index in [0.29, 0.717) is 13.0 Å². The van der Waals surface area contributed by atoms with Crippen molar-refractivity contribution in [3.05, 3.63) is 65.7 Å². The Bertz CT molecular complexity index is 756. The average molecular weight is 334 g/mol. The monoisotopic (exact) mass is 334 g/mol. The Hall–Kier alpha value is -3.06. The molecule has 2 amide bonds. The van der Waals surface area contributed by atoms with E-state index in [1.54, 1.807) is 12.1 Å². The number of anilines is 1. The largest absolute Gasteiger partial charge is 0.345 e. The molecule has 2 N–H and O–H groups in total. The Kier molecular flexibility index (Phi) is 7.27. The van der Waals surface area contributed by atoms with E-state index in [9.17, 15) is 9.59 Å². The summed E-state index contributed by atoms with van der Waals surface area (Å²) in [5.74, 6) is 5.83. The van der Waals surface area contributed by atoms with Crippen LogP contribution in [0.3, 0.4) is 0 Å². The van der Waals surface area contributed by atoms with Crippen molar-refractivity contribution in [2.45, 2.75) is 26.2 Å². The Labute approximate surface area is 148 Å². The summed E-state index contributed by atoms with van der Waals surface area (Å²) < 4.78 is 0. The maximum atomic E-state index is 11.8. The Morgan fingerprint density at radius 3 is 2.40 bits per heavy atom. The molecule has 4 heteroatoms. The van der Waals surface area contributed by atoms with Gasteiger partial charge in [-0.05, 0) is 42.7 Å². The Morgan fingerprint density at radius 1 is 1.00 bits per heavy atom. The maximum absolute atomic E-state index is 11.8. The second kappa shape index (κ2) is 9.94. The quantitative estimate of drug-likeness (QED) is 0.798. The van der Waals surface area contributed by atoms with Crippen LogP contribution in [0.2, 0.25) is 0 Å². The summed E-state index contributed by atoms with van der Waals surface area (Å²) in [5, 5.41) is 5.51. The predicted molar refractivity (Wildman–Crippen MR) is 100 cm³/mol. The molecule has 0 aliphatic rings. The fourth-order valence-corrected chi connectivity index (χ4v) is 2.32. The minimum absolute atomic E-state index is 0.0197. The van der Waals surface area contributed by atoms with Gasteiger partial charge >= 0.3 is 0 Å². The summed E-state index contributed by atoms with van der Waals surface area (Å²) in [4.78, 5) is 22.7. The molecule has 128 valence electrons. The average Bonchev–Trinajstić information content (AvgIpc) is 2.60. The van der Waals surface area contributed by atoms with E-state index in [4.69, 9.17) is 0 Å². The van der Waals surface area contributed by atoms with Crippen molar-refractivity contribution >= 4 is 17.5 Å². The first kappa shape index (κ1) is 18.3. The number of nitrogens with one attached hydrogen (secondary N) is 2. The molecule has 0 spiro atoms. The highest BCUT2D eigenvalue weighted by atomic mass is 16.2. The van der Waals surface area contributed by atoms with Crippen LogP contribution in [0.15, 0.2) is 54.6 Å². The molecule has 0 saturated carbocycles. The van der Waals surface area contributed by atoms with Crippen LogP contribution in [-0.2, 0) is 16.0 Å². The van der Waals surface area contributed by atoms with Crippen molar-refractivity contribution in [1.29, 1.82) is 0 Å². The fourth-order valence-electron chi connectivity index (χ4n) is 2.32. The number of carbonyl (C=O) groups is 2. The number of hydrogen-bond acceptors (Lipinski definition) is 2. The third-order valence-corrected chi connectivity index (χ3v) is 3.52. The van der Waals surface area contributed by atoms with Crippen molar-refractivity contribution in [2.24, 2.45) is 0 Å². The second-order valence-corrected chi connectivity index (χ2v) is 5.68.